The van der Waals surface area contributed by atoms with Crippen molar-refractivity contribution in [2.45, 2.75) is 0 Å². The second kappa shape index (κ2) is 14.7. The van der Waals surface area contributed by atoms with E-state index < -0.39 is 0 Å². The van der Waals surface area contributed by atoms with E-state index in [1.54, 1.807) is 0 Å². The first-order chi connectivity index (χ1) is 30.7. The Balaban J connectivity index is 0.899. The first-order valence-corrected chi connectivity index (χ1v) is 20.8. The Labute approximate surface area is 357 Å². The molecule has 3 heterocycles. The van der Waals surface area contributed by atoms with Gasteiger partial charge < -0.3 is 8.98 Å². The Morgan fingerprint density at radius 3 is 1.48 bits per heavy atom. The highest BCUT2D eigenvalue weighted by atomic mass is 16.3. The lowest BCUT2D eigenvalue weighted by molar-refractivity contribution is 0.670. The Morgan fingerprint density at radius 1 is 0.306 bits per heavy atom. The van der Waals surface area contributed by atoms with Gasteiger partial charge in [-0.2, -0.15) is 0 Å². The molecule has 5 nitrogen and oxygen atoms in total. The minimum absolute atomic E-state index is 0.635. The second-order valence-corrected chi connectivity index (χ2v) is 15.6. The van der Waals surface area contributed by atoms with Crippen molar-refractivity contribution in [2.75, 3.05) is 0 Å². The third-order valence-corrected chi connectivity index (χ3v) is 11.9. The Morgan fingerprint density at radius 2 is 0.790 bits per heavy atom. The molecule has 0 fully saturated rings. The average molecular weight is 793 g/mol. The van der Waals surface area contributed by atoms with E-state index in [-0.39, 0.29) is 0 Å². The Hall–Kier alpha value is -8.41. The van der Waals surface area contributed by atoms with Crippen LogP contribution in [0, 0.1) is 0 Å². The summed E-state index contributed by atoms with van der Waals surface area (Å²) in [5.74, 6) is 1.93. The van der Waals surface area contributed by atoms with Gasteiger partial charge >= 0.3 is 0 Å². The van der Waals surface area contributed by atoms with E-state index in [9.17, 15) is 0 Å². The lowest BCUT2D eigenvalue weighted by atomic mass is 9.97. The monoisotopic (exact) mass is 792 g/mol. The van der Waals surface area contributed by atoms with Crippen molar-refractivity contribution in [2.24, 2.45) is 0 Å². The first kappa shape index (κ1) is 35.5. The van der Waals surface area contributed by atoms with E-state index in [0.717, 1.165) is 83.2 Å². The van der Waals surface area contributed by atoms with Crippen LogP contribution in [-0.4, -0.2) is 19.5 Å². The molecule has 0 N–H and O–H groups in total. The predicted octanol–water partition coefficient (Wildman–Crippen LogP) is 14.9. The van der Waals surface area contributed by atoms with Crippen LogP contribution >= 0.6 is 0 Å². The van der Waals surface area contributed by atoms with Crippen molar-refractivity contribution in [3.05, 3.63) is 218 Å². The van der Waals surface area contributed by atoms with Gasteiger partial charge in [-0.25, -0.2) is 15.0 Å². The number of hydrogen-bond acceptors (Lipinski definition) is 4. The van der Waals surface area contributed by atoms with Crippen molar-refractivity contribution < 1.29 is 4.42 Å². The second-order valence-electron chi connectivity index (χ2n) is 15.6. The van der Waals surface area contributed by atoms with Crippen molar-refractivity contribution in [3.63, 3.8) is 0 Å². The number of aromatic nitrogens is 4. The van der Waals surface area contributed by atoms with Crippen LogP contribution in [0.4, 0.5) is 0 Å². The molecule has 0 aliphatic rings. The van der Waals surface area contributed by atoms with Gasteiger partial charge in [0.05, 0.1) is 11.0 Å². The molecular formula is C57H36N4O. The SMILES string of the molecule is c1ccc(-c2nc(-c3ccccc3)nc(-c3cccc(-c4cccc(-c5ccc6c(c5)c5ccccc5n6-c5ccc(-c6cccc7c6oc6ccccc67)cc5)c4)c3)n2)cc1. The summed E-state index contributed by atoms with van der Waals surface area (Å²) in [4.78, 5) is 14.9. The normalized spacial score (nSPS) is 11.5. The predicted molar refractivity (Wildman–Crippen MR) is 254 cm³/mol. The molecule has 0 unspecified atom stereocenters. The third-order valence-electron chi connectivity index (χ3n) is 11.9. The smallest absolute Gasteiger partial charge is 0.164 e. The van der Waals surface area contributed by atoms with Crippen LogP contribution in [0.2, 0.25) is 0 Å². The van der Waals surface area contributed by atoms with E-state index in [2.05, 4.69) is 150 Å². The molecule has 62 heavy (non-hydrogen) atoms. The molecule has 0 amide bonds. The number of rotatable bonds is 7. The van der Waals surface area contributed by atoms with Crippen molar-refractivity contribution in [1.29, 1.82) is 0 Å². The lowest BCUT2D eigenvalue weighted by Crippen LogP contribution is -2.00. The molecule has 5 heteroatoms. The van der Waals surface area contributed by atoms with Gasteiger partial charge in [-0.1, -0.05) is 170 Å². The van der Waals surface area contributed by atoms with Gasteiger partial charge in [0.15, 0.2) is 17.5 Å². The Bertz CT molecular complexity index is 3570. The molecule has 3 aromatic heterocycles. The van der Waals surface area contributed by atoms with E-state index >= 15 is 0 Å². The fraction of sp³-hybridized carbons (Fsp3) is 0. The maximum absolute atomic E-state index is 6.38. The number of furan rings is 1. The van der Waals surface area contributed by atoms with Crippen molar-refractivity contribution >= 4 is 43.7 Å². The van der Waals surface area contributed by atoms with E-state index in [1.165, 1.54) is 16.3 Å². The first-order valence-electron chi connectivity index (χ1n) is 20.8. The molecule has 0 radical (unpaired) electrons. The summed E-state index contributed by atoms with van der Waals surface area (Å²) in [5.41, 5.74) is 14.8. The fourth-order valence-corrected chi connectivity index (χ4v) is 8.85. The highest BCUT2D eigenvalue weighted by molar-refractivity contribution is 6.11. The molecule has 0 saturated heterocycles. The van der Waals surface area contributed by atoms with E-state index in [0.29, 0.717) is 17.5 Å². The maximum Gasteiger partial charge on any atom is 0.164 e. The van der Waals surface area contributed by atoms with Gasteiger partial charge in [0.2, 0.25) is 0 Å². The van der Waals surface area contributed by atoms with Gasteiger partial charge in [0, 0.05) is 49.5 Å². The quantitative estimate of drug-likeness (QED) is 0.161. The molecule has 290 valence electrons. The molecule has 0 aliphatic carbocycles. The van der Waals surface area contributed by atoms with Gasteiger partial charge in [0.1, 0.15) is 11.2 Å². The van der Waals surface area contributed by atoms with Crippen LogP contribution in [0.25, 0.3) is 117 Å². The molecule has 12 rings (SSSR count). The lowest BCUT2D eigenvalue weighted by Gasteiger charge is -2.11. The van der Waals surface area contributed by atoms with Crippen LogP contribution in [0.15, 0.2) is 223 Å². The molecular weight excluding hydrogens is 757 g/mol. The largest absolute Gasteiger partial charge is 0.455 e. The fourth-order valence-electron chi connectivity index (χ4n) is 8.85. The molecule has 12 aromatic rings. The van der Waals surface area contributed by atoms with Crippen LogP contribution in [0.5, 0.6) is 0 Å². The molecule has 0 bridgehead atoms. The summed E-state index contributed by atoms with van der Waals surface area (Å²) in [5, 5.41) is 4.69. The van der Waals surface area contributed by atoms with Crippen molar-refractivity contribution in [3.8, 4) is 73.2 Å². The van der Waals surface area contributed by atoms with Gasteiger partial charge in [0.25, 0.3) is 0 Å². The minimum atomic E-state index is 0.635. The zero-order valence-corrected chi connectivity index (χ0v) is 33.5. The zero-order valence-electron chi connectivity index (χ0n) is 33.5. The number of para-hydroxylation sites is 3. The topological polar surface area (TPSA) is 56.7 Å². The van der Waals surface area contributed by atoms with Gasteiger partial charge in [-0.3, -0.25) is 0 Å². The summed E-state index contributed by atoms with van der Waals surface area (Å²) in [7, 11) is 0. The van der Waals surface area contributed by atoms with Gasteiger partial charge in [-0.15, -0.1) is 0 Å². The molecule has 0 aliphatic heterocycles. The van der Waals surface area contributed by atoms with Crippen LogP contribution in [0.3, 0.4) is 0 Å². The summed E-state index contributed by atoms with van der Waals surface area (Å²) in [6, 6.07) is 76.5. The van der Waals surface area contributed by atoms with Crippen molar-refractivity contribution in [1.82, 2.24) is 19.5 Å². The van der Waals surface area contributed by atoms with Gasteiger partial charge in [-0.05, 0) is 76.3 Å². The third kappa shape index (κ3) is 6.14. The number of nitrogens with zero attached hydrogens (tertiary/aromatic N) is 4. The Kier molecular flexibility index (Phi) is 8.42. The standard InChI is InChI=1S/C57H36N4O/c1-3-14-38(15-4-1)55-58-56(39-16-5-2-6-17-39)60-57(59-55)44-21-12-20-42(35-44)40-18-11-19-41(34-40)43-30-33-52-50(36-43)47-22-7-9-26-51(47)61(52)45-31-28-37(29-32-45)46-24-13-25-49-48-23-8-10-27-53(48)62-54(46)49/h1-36H. The number of fused-ring (bicyclic) bond motifs is 6. The summed E-state index contributed by atoms with van der Waals surface area (Å²) in [6.07, 6.45) is 0. The van der Waals surface area contributed by atoms with Crippen LogP contribution in [0.1, 0.15) is 0 Å². The maximum atomic E-state index is 6.38. The number of hydrogen-bond donors (Lipinski definition) is 0. The van der Waals surface area contributed by atoms with Crippen LogP contribution in [-0.2, 0) is 0 Å². The summed E-state index contributed by atoms with van der Waals surface area (Å²) in [6.45, 7) is 0. The summed E-state index contributed by atoms with van der Waals surface area (Å²) < 4.78 is 8.75. The van der Waals surface area contributed by atoms with Crippen LogP contribution < -0.4 is 0 Å². The minimum Gasteiger partial charge on any atom is -0.455 e. The zero-order chi connectivity index (χ0) is 41.0. The van der Waals surface area contributed by atoms with E-state index in [1.807, 2.05) is 72.8 Å². The van der Waals surface area contributed by atoms with E-state index in [4.69, 9.17) is 19.4 Å². The molecule has 0 atom stereocenters. The average Bonchev–Trinajstić information content (AvgIpc) is 3.90. The highest BCUT2D eigenvalue weighted by Gasteiger charge is 2.17. The molecule has 0 saturated carbocycles. The summed E-state index contributed by atoms with van der Waals surface area (Å²) >= 11 is 0. The molecule has 0 spiro atoms. The highest BCUT2D eigenvalue weighted by Crippen LogP contribution is 2.39. The molecule has 9 aromatic carbocycles. The number of benzene rings is 9.